The summed E-state index contributed by atoms with van der Waals surface area (Å²) in [5, 5.41) is 9.49. The Kier molecular flexibility index (Phi) is 8.39. The smallest absolute Gasteiger partial charge is 0.308 e. The van der Waals surface area contributed by atoms with Crippen molar-refractivity contribution in [3.05, 3.63) is 59.2 Å². The zero-order valence-corrected chi connectivity index (χ0v) is 22.7. The zero-order valence-electron chi connectivity index (χ0n) is 21.9. The molecule has 1 saturated heterocycles. The van der Waals surface area contributed by atoms with Crippen LogP contribution in [0.4, 0.5) is 0 Å². The van der Waals surface area contributed by atoms with Gasteiger partial charge in [0.1, 0.15) is 0 Å². The van der Waals surface area contributed by atoms with Crippen LogP contribution in [-0.4, -0.2) is 50.5 Å². The maximum Gasteiger partial charge on any atom is 0.308 e. The van der Waals surface area contributed by atoms with Gasteiger partial charge in [0.15, 0.2) is 0 Å². The maximum atomic E-state index is 13.7. The summed E-state index contributed by atoms with van der Waals surface area (Å²) in [7, 11) is -2.39. The van der Waals surface area contributed by atoms with E-state index in [0.717, 1.165) is 17.5 Å². The number of aliphatic hydroxyl groups is 1. The monoisotopic (exact) mass is 527 g/mol. The topological polar surface area (TPSA) is 101 Å². The van der Waals surface area contributed by atoms with Gasteiger partial charge in [-0.15, -0.1) is 0 Å². The van der Waals surface area contributed by atoms with Gasteiger partial charge < -0.3 is 14.7 Å². The van der Waals surface area contributed by atoms with Gasteiger partial charge in [-0.1, -0.05) is 38.1 Å². The van der Waals surface area contributed by atoms with Gasteiger partial charge in [-0.2, -0.15) is 0 Å². The molecule has 2 aromatic carbocycles. The number of amides is 1. The highest BCUT2D eigenvalue weighted by Gasteiger charge is 2.36. The van der Waals surface area contributed by atoms with Crippen molar-refractivity contribution in [2.24, 2.45) is 11.8 Å². The van der Waals surface area contributed by atoms with Crippen LogP contribution in [0.1, 0.15) is 74.5 Å². The van der Waals surface area contributed by atoms with E-state index in [-0.39, 0.29) is 47.1 Å². The molecule has 8 heteroatoms. The predicted molar refractivity (Wildman–Crippen MR) is 140 cm³/mol. The van der Waals surface area contributed by atoms with Crippen molar-refractivity contribution in [1.29, 1.82) is 0 Å². The lowest BCUT2D eigenvalue weighted by Crippen LogP contribution is -2.37. The number of rotatable bonds is 7. The minimum Gasteiger partial charge on any atom is -0.469 e. The molecule has 0 spiro atoms. The molecule has 7 nitrogen and oxygen atoms in total. The molecule has 0 radical (unpaired) electrons. The molecule has 1 unspecified atom stereocenters. The van der Waals surface area contributed by atoms with Gasteiger partial charge in [0.05, 0.1) is 29.4 Å². The van der Waals surface area contributed by atoms with Gasteiger partial charge in [-0.05, 0) is 72.9 Å². The molecular weight excluding hydrogens is 490 g/mol. The van der Waals surface area contributed by atoms with Gasteiger partial charge in [-0.25, -0.2) is 8.42 Å². The number of esters is 1. The third-order valence-electron chi connectivity index (χ3n) is 7.92. The molecule has 2 aromatic rings. The Hall–Kier alpha value is -2.71. The molecule has 4 rings (SSSR count). The number of nitrogens with zero attached hydrogens (tertiary/aromatic N) is 1. The Morgan fingerprint density at radius 2 is 1.73 bits per heavy atom. The third-order valence-corrected chi connectivity index (χ3v) is 9.73. The van der Waals surface area contributed by atoms with Gasteiger partial charge in [0.2, 0.25) is 15.7 Å². The molecule has 1 saturated carbocycles. The lowest BCUT2D eigenvalue weighted by atomic mass is 9.81. The van der Waals surface area contributed by atoms with E-state index in [0.29, 0.717) is 49.2 Å². The van der Waals surface area contributed by atoms with Crippen molar-refractivity contribution in [3.8, 4) is 0 Å². The number of methoxy groups -OCH3 is 1. The van der Waals surface area contributed by atoms with Crippen LogP contribution < -0.4 is 0 Å². The van der Waals surface area contributed by atoms with E-state index in [1.54, 1.807) is 24.3 Å². The maximum absolute atomic E-state index is 13.7. The molecule has 2 aliphatic rings. The van der Waals surface area contributed by atoms with Gasteiger partial charge in [-0.3, -0.25) is 9.59 Å². The summed E-state index contributed by atoms with van der Waals surface area (Å²) in [6.45, 7) is 4.94. The summed E-state index contributed by atoms with van der Waals surface area (Å²) in [4.78, 5) is 27.4. The SMILES string of the molecule is COC(=O)[C@H]1CC[C@H](C(=O)N2CCC(c3ccc(C(C)C)c(S(=O)(=O)c4cccc(CO)c4)c3)C2)CC1. The lowest BCUT2D eigenvalue weighted by Gasteiger charge is -2.29. The number of ether oxygens (including phenoxy) is 1. The van der Waals surface area contributed by atoms with E-state index in [1.807, 2.05) is 30.9 Å². The Labute approximate surface area is 219 Å². The summed E-state index contributed by atoms with van der Waals surface area (Å²) in [6, 6.07) is 12.1. The van der Waals surface area contributed by atoms with Crippen LogP contribution in [0.15, 0.2) is 52.3 Å². The van der Waals surface area contributed by atoms with Crippen LogP contribution in [0.2, 0.25) is 0 Å². The fourth-order valence-electron chi connectivity index (χ4n) is 5.69. The van der Waals surface area contributed by atoms with Crippen LogP contribution >= 0.6 is 0 Å². The van der Waals surface area contributed by atoms with Crippen LogP contribution in [-0.2, 0) is 30.8 Å². The molecule has 1 heterocycles. The number of carbonyl (C=O) groups excluding carboxylic acids is 2. The molecule has 0 aromatic heterocycles. The normalized spacial score (nSPS) is 22.3. The van der Waals surface area contributed by atoms with Crippen LogP contribution in [0.3, 0.4) is 0 Å². The Morgan fingerprint density at radius 1 is 1.03 bits per heavy atom. The summed E-state index contributed by atoms with van der Waals surface area (Å²) in [5.41, 5.74) is 2.23. The quantitative estimate of drug-likeness (QED) is 0.535. The summed E-state index contributed by atoms with van der Waals surface area (Å²) < 4.78 is 32.2. The van der Waals surface area contributed by atoms with E-state index in [4.69, 9.17) is 4.74 Å². The minimum absolute atomic E-state index is 0.0154. The van der Waals surface area contributed by atoms with E-state index in [1.165, 1.54) is 13.2 Å². The van der Waals surface area contributed by atoms with Crippen molar-refractivity contribution in [1.82, 2.24) is 4.90 Å². The number of carbonyl (C=O) groups is 2. The molecule has 1 atom stereocenters. The standard InChI is InChI=1S/C29H37NO6S/c1-19(2)26-12-11-23(16-27(26)37(34,35)25-6-4-5-20(15-25)18-31)24-13-14-30(17-24)28(32)21-7-9-22(10-8-21)29(33)36-3/h4-6,11-12,15-16,19,21-22,24,31H,7-10,13-14,17-18H2,1-3H3/t21-,22-,24?. The fraction of sp³-hybridized carbons (Fsp3) is 0.517. The summed E-state index contributed by atoms with van der Waals surface area (Å²) in [5.74, 6) is -0.156. The predicted octanol–water partition coefficient (Wildman–Crippen LogP) is 4.43. The largest absolute Gasteiger partial charge is 0.469 e. The third kappa shape index (κ3) is 5.75. The van der Waals surface area contributed by atoms with E-state index in [9.17, 15) is 23.1 Å². The van der Waals surface area contributed by atoms with Crippen molar-refractivity contribution in [2.45, 2.75) is 74.2 Å². The van der Waals surface area contributed by atoms with Crippen LogP contribution in [0.5, 0.6) is 0 Å². The van der Waals surface area contributed by atoms with Crippen molar-refractivity contribution in [2.75, 3.05) is 20.2 Å². The second-order valence-corrected chi connectivity index (χ2v) is 12.5. The van der Waals surface area contributed by atoms with Crippen LogP contribution in [0.25, 0.3) is 0 Å². The highest BCUT2D eigenvalue weighted by atomic mass is 32.2. The average molecular weight is 528 g/mol. The summed E-state index contributed by atoms with van der Waals surface area (Å²) >= 11 is 0. The van der Waals surface area contributed by atoms with E-state index in [2.05, 4.69) is 0 Å². The molecule has 200 valence electrons. The average Bonchev–Trinajstić information content (AvgIpc) is 3.42. The number of benzene rings is 2. The van der Waals surface area contributed by atoms with E-state index < -0.39 is 9.84 Å². The highest BCUT2D eigenvalue weighted by Crippen LogP contribution is 2.37. The first kappa shape index (κ1) is 27.3. The molecule has 1 N–H and O–H groups in total. The Morgan fingerprint density at radius 3 is 2.38 bits per heavy atom. The highest BCUT2D eigenvalue weighted by molar-refractivity contribution is 7.91. The van der Waals surface area contributed by atoms with Crippen molar-refractivity contribution >= 4 is 21.7 Å². The first-order valence-corrected chi connectivity index (χ1v) is 14.6. The molecule has 1 amide bonds. The molecular formula is C29H37NO6S. The number of sulfone groups is 1. The molecule has 2 fully saturated rings. The Balaban J connectivity index is 1.53. The second-order valence-electron chi connectivity index (χ2n) is 10.6. The first-order chi connectivity index (χ1) is 17.6. The number of hydrogen-bond acceptors (Lipinski definition) is 6. The molecule has 0 bridgehead atoms. The van der Waals surface area contributed by atoms with Crippen LogP contribution in [0, 0.1) is 11.8 Å². The molecule has 37 heavy (non-hydrogen) atoms. The minimum atomic E-state index is -3.79. The van der Waals surface area contributed by atoms with Gasteiger partial charge in [0, 0.05) is 24.9 Å². The Bertz CT molecular complexity index is 1250. The number of likely N-dealkylation sites (tertiary alicyclic amines) is 1. The lowest BCUT2D eigenvalue weighted by molar-refractivity contribution is -0.148. The van der Waals surface area contributed by atoms with E-state index >= 15 is 0 Å². The number of aliphatic hydroxyl groups excluding tert-OH is 1. The first-order valence-electron chi connectivity index (χ1n) is 13.1. The second kappa shape index (κ2) is 11.4. The van der Waals surface area contributed by atoms with Crippen molar-refractivity contribution in [3.63, 3.8) is 0 Å². The summed E-state index contributed by atoms with van der Waals surface area (Å²) in [6.07, 6.45) is 3.52. The molecule has 1 aliphatic carbocycles. The zero-order chi connectivity index (χ0) is 26.7. The fourth-order valence-corrected chi connectivity index (χ4v) is 7.41. The van der Waals surface area contributed by atoms with Gasteiger partial charge >= 0.3 is 5.97 Å². The van der Waals surface area contributed by atoms with Gasteiger partial charge in [0.25, 0.3) is 0 Å². The molecule has 1 aliphatic heterocycles. The number of hydrogen-bond donors (Lipinski definition) is 1. The van der Waals surface area contributed by atoms with Crippen molar-refractivity contribution < 1.29 is 27.9 Å².